The Morgan fingerprint density at radius 1 is 1.23 bits per heavy atom. The number of hydrogen-bond donors (Lipinski definition) is 1. The van der Waals surface area contributed by atoms with Crippen molar-refractivity contribution in [1.82, 2.24) is 19.8 Å². The topological polar surface area (TPSA) is 62.5 Å². The number of aliphatic imine (C=N–C) groups is 1. The number of likely N-dealkylation sites (N-methyl/N-ethyl adjacent to an activating group) is 1. The van der Waals surface area contributed by atoms with Crippen LogP contribution in [0.15, 0.2) is 46.3 Å². The van der Waals surface area contributed by atoms with E-state index in [9.17, 15) is 13.6 Å². The zero-order valence-electron chi connectivity index (χ0n) is 17.3. The van der Waals surface area contributed by atoms with E-state index in [0.29, 0.717) is 4.91 Å². The van der Waals surface area contributed by atoms with Gasteiger partial charge in [-0.3, -0.25) is 4.79 Å². The number of hydrogen-bond acceptors (Lipinski definition) is 5. The van der Waals surface area contributed by atoms with Gasteiger partial charge in [0.1, 0.15) is 17.3 Å². The van der Waals surface area contributed by atoms with E-state index in [1.807, 2.05) is 39.2 Å². The van der Waals surface area contributed by atoms with Crippen LogP contribution in [0.25, 0.3) is 17.1 Å². The molecule has 0 radical (unpaired) electrons. The fourth-order valence-electron chi connectivity index (χ4n) is 3.25. The Balaban J connectivity index is 1.61. The number of carbonyl (C=O) groups is 1. The molecule has 1 amide bonds. The Labute approximate surface area is 182 Å². The number of imidazole rings is 1. The maximum Gasteiger partial charge on any atom is 0.264 e. The minimum absolute atomic E-state index is 0.0351. The lowest BCUT2D eigenvalue weighted by atomic mass is 10.2. The summed E-state index contributed by atoms with van der Waals surface area (Å²) < 4.78 is 29.1. The number of amidine groups is 1. The Morgan fingerprint density at radius 3 is 2.77 bits per heavy atom. The molecule has 0 spiro atoms. The van der Waals surface area contributed by atoms with Gasteiger partial charge in [0.2, 0.25) is 0 Å². The van der Waals surface area contributed by atoms with Crippen molar-refractivity contribution in [2.75, 3.05) is 20.6 Å². The molecule has 160 valence electrons. The number of thioether (sulfide) groups is 1. The van der Waals surface area contributed by atoms with Crippen molar-refractivity contribution in [3.63, 3.8) is 0 Å². The summed E-state index contributed by atoms with van der Waals surface area (Å²) in [6.45, 7) is 3.67. The molecule has 9 heteroatoms. The highest BCUT2D eigenvalue weighted by Gasteiger charge is 2.24. The number of rotatable bonds is 5. The fourth-order valence-corrected chi connectivity index (χ4v) is 4.08. The molecule has 4 rings (SSSR count). The summed E-state index contributed by atoms with van der Waals surface area (Å²) in [6.07, 6.45) is 1.77. The van der Waals surface area contributed by atoms with Gasteiger partial charge in [0, 0.05) is 19.2 Å². The summed E-state index contributed by atoms with van der Waals surface area (Å²) in [5.74, 6) is -0.846. The third-order valence-electron chi connectivity index (χ3n) is 4.81. The number of carbonyl (C=O) groups excluding carboxylic acids is 1. The predicted octanol–water partition coefficient (Wildman–Crippen LogP) is 4.08. The second kappa shape index (κ2) is 8.60. The first-order valence-electron chi connectivity index (χ1n) is 9.66. The van der Waals surface area contributed by atoms with Crippen molar-refractivity contribution in [3.05, 3.63) is 64.3 Å². The van der Waals surface area contributed by atoms with Gasteiger partial charge in [0.15, 0.2) is 11.0 Å². The number of benzene rings is 2. The van der Waals surface area contributed by atoms with Crippen LogP contribution in [-0.4, -0.2) is 46.2 Å². The van der Waals surface area contributed by atoms with Crippen molar-refractivity contribution in [1.29, 1.82) is 0 Å². The lowest BCUT2D eigenvalue weighted by Gasteiger charge is -2.12. The van der Waals surface area contributed by atoms with E-state index in [4.69, 9.17) is 0 Å². The van der Waals surface area contributed by atoms with Crippen molar-refractivity contribution < 1.29 is 13.6 Å². The SMILES string of the molecule is Cc1nc2ccc(/C=C3/SC(=Nc4ccc(F)cc4F)NC3=O)cc2n1CCN(C)C. The van der Waals surface area contributed by atoms with Gasteiger partial charge in [-0.15, -0.1) is 0 Å². The third kappa shape index (κ3) is 4.67. The maximum absolute atomic E-state index is 13.9. The maximum atomic E-state index is 13.9. The number of amides is 1. The molecule has 0 saturated carbocycles. The number of fused-ring (bicyclic) bond motifs is 1. The number of halogens is 2. The summed E-state index contributed by atoms with van der Waals surface area (Å²) in [5.41, 5.74) is 2.72. The lowest BCUT2D eigenvalue weighted by Crippen LogP contribution is -2.19. The molecule has 1 fully saturated rings. The minimum atomic E-state index is -0.786. The molecule has 0 bridgehead atoms. The van der Waals surface area contributed by atoms with Gasteiger partial charge in [-0.2, -0.15) is 0 Å². The molecule has 2 aromatic carbocycles. The van der Waals surface area contributed by atoms with Crippen LogP contribution in [-0.2, 0) is 11.3 Å². The monoisotopic (exact) mass is 441 g/mol. The average molecular weight is 442 g/mol. The molecule has 1 aliphatic rings. The van der Waals surface area contributed by atoms with Crippen LogP contribution in [0.4, 0.5) is 14.5 Å². The molecule has 3 aromatic rings. The van der Waals surface area contributed by atoms with Crippen molar-refractivity contribution in [3.8, 4) is 0 Å². The first-order chi connectivity index (χ1) is 14.8. The number of aryl methyl sites for hydroxylation is 1. The highest BCUT2D eigenvalue weighted by atomic mass is 32.2. The minimum Gasteiger partial charge on any atom is -0.327 e. The zero-order chi connectivity index (χ0) is 22.1. The van der Waals surface area contributed by atoms with Crippen LogP contribution in [0.5, 0.6) is 0 Å². The summed E-state index contributed by atoms with van der Waals surface area (Å²) in [5, 5.41) is 2.87. The van der Waals surface area contributed by atoms with E-state index in [1.165, 1.54) is 6.07 Å². The van der Waals surface area contributed by atoms with Crippen LogP contribution < -0.4 is 5.32 Å². The van der Waals surface area contributed by atoms with E-state index >= 15 is 0 Å². The first kappa shape index (κ1) is 21.2. The van der Waals surface area contributed by atoms with Gasteiger partial charge in [0.25, 0.3) is 5.91 Å². The summed E-state index contributed by atoms with van der Waals surface area (Å²) >= 11 is 1.11. The van der Waals surface area contributed by atoms with Crippen molar-refractivity contribution >= 4 is 45.6 Å². The summed E-state index contributed by atoms with van der Waals surface area (Å²) in [4.78, 5) is 23.6. The Morgan fingerprint density at radius 2 is 2.03 bits per heavy atom. The van der Waals surface area contributed by atoms with Crippen LogP contribution in [0, 0.1) is 18.6 Å². The van der Waals surface area contributed by atoms with Gasteiger partial charge in [-0.1, -0.05) is 6.07 Å². The number of nitrogens with one attached hydrogen (secondary N) is 1. The highest BCUT2D eigenvalue weighted by Crippen LogP contribution is 2.30. The zero-order valence-corrected chi connectivity index (χ0v) is 18.1. The molecular weight excluding hydrogens is 420 g/mol. The van der Waals surface area contributed by atoms with Gasteiger partial charge in [0.05, 0.1) is 15.9 Å². The van der Waals surface area contributed by atoms with Gasteiger partial charge >= 0.3 is 0 Å². The highest BCUT2D eigenvalue weighted by molar-refractivity contribution is 8.18. The third-order valence-corrected chi connectivity index (χ3v) is 5.72. The Kier molecular flexibility index (Phi) is 5.88. The van der Waals surface area contributed by atoms with E-state index < -0.39 is 11.6 Å². The van der Waals surface area contributed by atoms with Crippen LogP contribution >= 0.6 is 11.8 Å². The second-order valence-corrected chi connectivity index (χ2v) is 8.47. The molecule has 1 saturated heterocycles. The van der Waals surface area contributed by atoms with Gasteiger partial charge in [-0.25, -0.2) is 18.8 Å². The molecule has 0 atom stereocenters. The molecule has 6 nitrogen and oxygen atoms in total. The lowest BCUT2D eigenvalue weighted by molar-refractivity contribution is -0.115. The number of nitrogens with zero attached hydrogens (tertiary/aromatic N) is 4. The second-order valence-electron chi connectivity index (χ2n) is 7.44. The van der Waals surface area contributed by atoms with Gasteiger partial charge in [-0.05, 0) is 68.7 Å². The molecular formula is C22H21F2N5OS. The molecule has 0 aliphatic carbocycles. The summed E-state index contributed by atoms with van der Waals surface area (Å²) in [7, 11) is 4.05. The largest absolute Gasteiger partial charge is 0.327 e. The molecule has 1 aliphatic heterocycles. The molecule has 31 heavy (non-hydrogen) atoms. The molecule has 0 unspecified atom stereocenters. The fraction of sp³-hybridized carbons (Fsp3) is 0.227. The van der Waals surface area contributed by atoms with Crippen LogP contribution in [0.2, 0.25) is 0 Å². The van der Waals surface area contributed by atoms with Crippen LogP contribution in [0.3, 0.4) is 0 Å². The van der Waals surface area contributed by atoms with E-state index in [2.05, 4.69) is 24.8 Å². The quantitative estimate of drug-likeness (QED) is 0.606. The first-order valence-corrected chi connectivity index (χ1v) is 10.5. The van der Waals surface area contributed by atoms with Crippen molar-refractivity contribution in [2.24, 2.45) is 4.99 Å². The standard InChI is InChI=1S/C22H21F2N5OS/c1-13-25-18-6-4-14(10-19(18)29(13)9-8-28(2)3)11-20-21(30)27-22(31-20)26-17-7-5-15(23)12-16(17)24/h4-7,10-12H,8-9H2,1-3H3,(H,26,27,30)/b20-11+. The van der Waals surface area contributed by atoms with E-state index in [-0.39, 0.29) is 16.8 Å². The predicted molar refractivity (Wildman–Crippen MR) is 120 cm³/mol. The van der Waals surface area contributed by atoms with Gasteiger partial charge < -0.3 is 14.8 Å². The molecule has 1 aromatic heterocycles. The molecule has 1 N–H and O–H groups in total. The normalized spacial score (nSPS) is 16.8. The van der Waals surface area contributed by atoms with Crippen molar-refractivity contribution in [2.45, 2.75) is 13.5 Å². The Bertz CT molecular complexity index is 1230. The summed E-state index contributed by atoms with van der Waals surface area (Å²) in [6, 6.07) is 8.95. The number of aromatic nitrogens is 2. The van der Waals surface area contributed by atoms with E-state index in [0.717, 1.165) is 59.4 Å². The average Bonchev–Trinajstić information content (AvgIpc) is 3.20. The van der Waals surface area contributed by atoms with E-state index in [1.54, 1.807) is 6.08 Å². The molecule has 2 heterocycles. The Hall–Kier alpha value is -3.04. The smallest absolute Gasteiger partial charge is 0.264 e. The van der Waals surface area contributed by atoms with Crippen LogP contribution in [0.1, 0.15) is 11.4 Å².